The molecule has 0 aliphatic heterocycles. The van der Waals surface area contributed by atoms with Crippen LogP contribution in [0.4, 0.5) is 10.1 Å². The molecule has 0 bridgehead atoms. The Morgan fingerprint density at radius 1 is 1.11 bits per heavy atom. The molecule has 0 spiro atoms. The van der Waals surface area contributed by atoms with Gasteiger partial charge in [-0.1, -0.05) is 43.5 Å². The summed E-state index contributed by atoms with van der Waals surface area (Å²) in [4.78, 5) is 12.1. The highest BCUT2D eigenvalue weighted by molar-refractivity contribution is 9.11. The lowest BCUT2D eigenvalue weighted by molar-refractivity contribution is 0.102. The van der Waals surface area contributed by atoms with Gasteiger partial charge in [-0.2, -0.15) is 0 Å². The van der Waals surface area contributed by atoms with Crippen LogP contribution in [0.3, 0.4) is 0 Å². The second kappa shape index (κ2) is 6.03. The van der Waals surface area contributed by atoms with Gasteiger partial charge in [-0.05, 0) is 36.4 Å². The highest BCUT2D eigenvalue weighted by Gasteiger charge is 2.10. The molecule has 6 heteroatoms. The van der Waals surface area contributed by atoms with Crippen molar-refractivity contribution in [2.45, 2.75) is 0 Å². The SMILES string of the molecule is O=C(Nc1ccc(F)cc1Cl)c1cc(Br)cc(Br)c1. The Balaban J connectivity index is 2.25. The quantitative estimate of drug-likeness (QED) is 0.723. The first-order valence-corrected chi connectivity index (χ1v) is 7.14. The van der Waals surface area contributed by atoms with Crippen LogP contribution >= 0.6 is 43.5 Å². The van der Waals surface area contributed by atoms with Crippen LogP contribution < -0.4 is 5.32 Å². The predicted octanol–water partition coefficient (Wildman–Crippen LogP) is 5.26. The molecule has 19 heavy (non-hydrogen) atoms. The van der Waals surface area contributed by atoms with E-state index < -0.39 is 5.82 Å². The zero-order valence-corrected chi connectivity index (χ0v) is 13.3. The lowest BCUT2D eigenvalue weighted by Crippen LogP contribution is -2.12. The molecule has 2 nitrogen and oxygen atoms in total. The van der Waals surface area contributed by atoms with Gasteiger partial charge in [-0.3, -0.25) is 4.79 Å². The van der Waals surface area contributed by atoms with Crippen molar-refractivity contribution >= 4 is 55.1 Å². The van der Waals surface area contributed by atoms with Crippen molar-refractivity contribution in [2.24, 2.45) is 0 Å². The number of hydrogen-bond acceptors (Lipinski definition) is 1. The third-order valence-electron chi connectivity index (χ3n) is 2.30. The Morgan fingerprint density at radius 2 is 1.74 bits per heavy atom. The van der Waals surface area contributed by atoms with Crippen LogP contribution in [0.25, 0.3) is 0 Å². The Labute approximate surface area is 131 Å². The van der Waals surface area contributed by atoms with Crippen molar-refractivity contribution in [1.82, 2.24) is 0 Å². The molecule has 0 heterocycles. The van der Waals surface area contributed by atoms with E-state index in [0.717, 1.165) is 15.0 Å². The number of benzene rings is 2. The molecular weight excluding hydrogens is 400 g/mol. The molecule has 0 saturated carbocycles. The number of hydrogen-bond donors (Lipinski definition) is 1. The first-order chi connectivity index (χ1) is 8.95. The molecule has 0 saturated heterocycles. The molecular formula is C13H7Br2ClFNO. The van der Waals surface area contributed by atoms with Crippen molar-refractivity contribution in [3.05, 3.63) is 61.7 Å². The van der Waals surface area contributed by atoms with Gasteiger partial charge < -0.3 is 5.32 Å². The Bertz CT molecular complexity index is 628. The average Bonchev–Trinajstić information content (AvgIpc) is 2.31. The maximum absolute atomic E-state index is 12.9. The molecule has 1 N–H and O–H groups in total. The number of nitrogens with one attached hydrogen (secondary N) is 1. The van der Waals surface area contributed by atoms with Crippen LogP contribution in [0.5, 0.6) is 0 Å². The van der Waals surface area contributed by atoms with Crippen molar-refractivity contribution in [3.63, 3.8) is 0 Å². The van der Waals surface area contributed by atoms with Gasteiger partial charge in [-0.25, -0.2) is 4.39 Å². The zero-order chi connectivity index (χ0) is 14.0. The van der Waals surface area contributed by atoms with Crippen LogP contribution in [-0.2, 0) is 0 Å². The summed E-state index contributed by atoms with van der Waals surface area (Å²) in [6.07, 6.45) is 0. The highest BCUT2D eigenvalue weighted by atomic mass is 79.9. The summed E-state index contributed by atoms with van der Waals surface area (Å²) in [5, 5.41) is 2.78. The van der Waals surface area contributed by atoms with Gasteiger partial charge in [0, 0.05) is 14.5 Å². The van der Waals surface area contributed by atoms with Gasteiger partial charge in [0.05, 0.1) is 10.7 Å². The van der Waals surface area contributed by atoms with Crippen LogP contribution in [0, 0.1) is 5.82 Å². The van der Waals surface area contributed by atoms with E-state index in [-0.39, 0.29) is 10.9 Å². The zero-order valence-electron chi connectivity index (χ0n) is 9.38. The molecule has 0 aromatic heterocycles. The lowest BCUT2D eigenvalue weighted by Gasteiger charge is -2.08. The van der Waals surface area contributed by atoms with Gasteiger partial charge in [0.1, 0.15) is 5.82 Å². The molecule has 98 valence electrons. The number of rotatable bonds is 2. The minimum Gasteiger partial charge on any atom is -0.321 e. The van der Waals surface area contributed by atoms with E-state index in [2.05, 4.69) is 37.2 Å². The molecule has 2 rings (SSSR count). The van der Waals surface area contributed by atoms with E-state index in [1.807, 2.05) is 6.07 Å². The number of carbonyl (C=O) groups excluding carboxylic acids is 1. The van der Waals surface area contributed by atoms with E-state index >= 15 is 0 Å². The molecule has 2 aromatic rings. The first kappa shape index (κ1) is 14.5. The average molecular weight is 407 g/mol. The van der Waals surface area contributed by atoms with Gasteiger partial charge in [0.2, 0.25) is 0 Å². The number of carbonyl (C=O) groups is 1. The van der Waals surface area contributed by atoms with E-state index in [4.69, 9.17) is 11.6 Å². The molecule has 2 aromatic carbocycles. The number of halogens is 4. The molecule has 0 aliphatic carbocycles. The van der Waals surface area contributed by atoms with Crippen LogP contribution in [0.2, 0.25) is 5.02 Å². The fraction of sp³-hybridized carbons (Fsp3) is 0. The van der Waals surface area contributed by atoms with Crippen molar-refractivity contribution in [3.8, 4) is 0 Å². The first-order valence-electron chi connectivity index (χ1n) is 5.18. The predicted molar refractivity (Wildman–Crippen MR) is 81.2 cm³/mol. The van der Waals surface area contributed by atoms with Crippen LogP contribution in [0.15, 0.2) is 45.3 Å². The molecule has 0 radical (unpaired) electrons. The fourth-order valence-electron chi connectivity index (χ4n) is 1.47. The summed E-state index contributed by atoms with van der Waals surface area (Å²) in [6, 6.07) is 8.98. The van der Waals surface area contributed by atoms with E-state index in [1.54, 1.807) is 12.1 Å². The maximum atomic E-state index is 12.9. The minimum atomic E-state index is -0.451. The Hall–Kier alpha value is -0.910. The summed E-state index contributed by atoms with van der Waals surface area (Å²) >= 11 is 12.5. The minimum absolute atomic E-state index is 0.155. The largest absolute Gasteiger partial charge is 0.321 e. The second-order valence-electron chi connectivity index (χ2n) is 3.74. The lowest BCUT2D eigenvalue weighted by atomic mass is 10.2. The maximum Gasteiger partial charge on any atom is 0.255 e. The van der Waals surface area contributed by atoms with Crippen molar-refractivity contribution < 1.29 is 9.18 Å². The topological polar surface area (TPSA) is 29.1 Å². The molecule has 0 atom stereocenters. The summed E-state index contributed by atoms with van der Waals surface area (Å²) < 4.78 is 14.5. The van der Waals surface area contributed by atoms with Crippen LogP contribution in [0.1, 0.15) is 10.4 Å². The van der Waals surface area contributed by atoms with E-state index in [0.29, 0.717) is 11.3 Å². The monoisotopic (exact) mass is 405 g/mol. The third-order valence-corrected chi connectivity index (χ3v) is 3.53. The van der Waals surface area contributed by atoms with Gasteiger partial charge in [0.25, 0.3) is 5.91 Å². The third kappa shape index (κ3) is 3.78. The summed E-state index contributed by atoms with van der Waals surface area (Å²) in [6.45, 7) is 0. The van der Waals surface area contributed by atoms with E-state index in [9.17, 15) is 9.18 Å². The van der Waals surface area contributed by atoms with Gasteiger partial charge in [-0.15, -0.1) is 0 Å². The normalized spacial score (nSPS) is 10.3. The van der Waals surface area contributed by atoms with Gasteiger partial charge >= 0.3 is 0 Å². The Kier molecular flexibility index (Phi) is 4.60. The van der Waals surface area contributed by atoms with Crippen LogP contribution in [-0.4, -0.2) is 5.91 Å². The molecule has 0 unspecified atom stereocenters. The number of amides is 1. The summed E-state index contributed by atoms with van der Waals surface area (Å²) in [7, 11) is 0. The molecule has 1 amide bonds. The molecule has 0 fully saturated rings. The van der Waals surface area contributed by atoms with Crippen molar-refractivity contribution in [2.75, 3.05) is 5.32 Å². The van der Waals surface area contributed by atoms with Crippen molar-refractivity contribution in [1.29, 1.82) is 0 Å². The van der Waals surface area contributed by atoms with Gasteiger partial charge in [0.15, 0.2) is 0 Å². The summed E-state index contributed by atoms with van der Waals surface area (Å²) in [5.41, 5.74) is 0.825. The standard InChI is InChI=1S/C13H7Br2ClFNO/c14-8-3-7(4-9(15)5-8)13(19)18-12-2-1-10(17)6-11(12)16/h1-6H,(H,18,19). The molecule has 0 aliphatic rings. The number of anilines is 1. The fourth-order valence-corrected chi connectivity index (χ4v) is 2.98. The highest BCUT2D eigenvalue weighted by Crippen LogP contribution is 2.24. The van der Waals surface area contributed by atoms with E-state index in [1.165, 1.54) is 12.1 Å². The smallest absolute Gasteiger partial charge is 0.255 e. The summed E-state index contributed by atoms with van der Waals surface area (Å²) in [5.74, 6) is -0.774. The Morgan fingerprint density at radius 3 is 2.32 bits per heavy atom. The second-order valence-corrected chi connectivity index (χ2v) is 5.97.